The maximum absolute atomic E-state index is 11.3. The Kier molecular flexibility index (Phi) is 2.58. The predicted molar refractivity (Wildman–Crippen MR) is 66.3 cm³/mol. The third-order valence-corrected chi connectivity index (χ3v) is 2.66. The Hall–Kier alpha value is -2.94. The highest BCUT2D eigenvalue weighted by Gasteiger charge is 2.16. The van der Waals surface area contributed by atoms with Gasteiger partial charge in [0.1, 0.15) is 11.8 Å². The van der Waals surface area contributed by atoms with E-state index >= 15 is 0 Å². The number of hydrogen-bond donors (Lipinski definition) is 1. The van der Waals surface area contributed by atoms with Crippen LogP contribution in [0.3, 0.4) is 0 Å². The van der Waals surface area contributed by atoms with E-state index in [1.165, 1.54) is 6.20 Å². The molecule has 0 spiro atoms. The molecule has 1 aromatic heterocycles. The highest BCUT2D eigenvalue weighted by Crippen LogP contribution is 2.31. The zero-order valence-electron chi connectivity index (χ0n) is 9.75. The zero-order valence-corrected chi connectivity index (χ0v) is 9.75. The number of anilines is 1. The van der Waals surface area contributed by atoms with E-state index in [4.69, 9.17) is 10.00 Å². The molecule has 2 heterocycles. The van der Waals surface area contributed by atoms with Gasteiger partial charge in [-0.05, 0) is 24.3 Å². The number of amides is 1. The van der Waals surface area contributed by atoms with Crippen molar-refractivity contribution in [3.8, 4) is 23.1 Å². The van der Waals surface area contributed by atoms with Crippen molar-refractivity contribution in [1.29, 1.82) is 5.26 Å². The van der Waals surface area contributed by atoms with Crippen molar-refractivity contribution < 1.29 is 9.53 Å². The SMILES string of the molecule is N#Cc1nccc(-c2ccc3c(c2)NC(=O)CO3)n1. The van der Waals surface area contributed by atoms with Crippen LogP contribution in [0, 0.1) is 11.3 Å². The Morgan fingerprint density at radius 3 is 3.11 bits per heavy atom. The molecular weight excluding hydrogens is 244 g/mol. The predicted octanol–water partition coefficient (Wildman–Crippen LogP) is 1.35. The Morgan fingerprint density at radius 1 is 1.37 bits per heavy atom. The van der Waals surface area contributed by atoms with E-state index in [0.717, 1.165) is 5.56 Å². The van der Waals surface area contributed by atoms with Crippen LogP contribution in [0.4, 0.5) is 5.69 Å². The first kappa shape index (κ1) is 11.2. The van der Waals surface area contributed by atoms with Gasteiger partial charge in [-0.1, -0.05) is 0 Å². The van der Waals surface area contributed by atoms with Gasteiger partial charge in [-0.25, -0.2) is 9.97 Å². The molecule has 6 heteroatoms. The molecule has 1 aliphatic heterocycles. The third-order valence-electron chi connectivity index (χ3n) is 2.66. The molecule has 0 saturated heterocycles. The number of aromatic nitrogens is 2. The van der Waals surface area contributed by atoms with Crippen molar-refractivity contribution in [2.75, 3.05) is 11.9 Å². The van der Waals surface area contributed by atoms with Gasteiger partial charge in [-0.3, -0.25) is 4.79 Å². The molecule has 0 atom stereocenters. The van der Waals surface area contributed by atoms with E-state index in [-0.39, 0.29) is 18.3 Å². The molecule has 1 aliphatic rings. The molecule has 1 N–H and O–H groups in total. The summed E-state index contributed by atoms with van der Waals surface area (Å²) < 4.78 is 5.27. The lowest BCUT2D eigenvalue weighted by atomic mass is 10.1. The second-order valence-electron chi connectivity index (χ2n) is 3.93. The fourth-order valence-corrected chi connectivity index (χ4v) is 1.82. The molecule has 0 fully saturated rings. The lowest BCUT2D eigenvalue weighted by Gasteiger charge is -2.18. The summed E-state index contributed by atoms with van der Waals surface area (Å²) in [6.07, 6.45) is 1.52. The summed E-state index contributed by atoms with van der Waals surface area (Å²) in [6, 6.07) is 8.93. The molecule has 1 amide bonds. The smallest absolute Gasteiger partial charge is 0.262 e. The highest BCUT2D eigenvalue weighted by molar-refractivity contribution is 5.96. The topological polar surface area (TPSA) is 87.9 Å². The number of hydrogen-bond acceptors (Lipinski definition) is 5. The molecule has 6 nitrogen and oxygen atoms in total. The molecule has 92 valence electrons. The number of nitrogens with zero attached hydrogens (tertiary/aromatic N) is 3. The maximum atomic E-state index is 11.3. The van der Waals surface area contributed by atoms with Gasteiger partial charge in [0.05, 0.1) is 11.4 Å². The van der Waals surface area contributed by atoms with Crippen LogP contribution in [-0.4, -0.2) is 22.5 Å². The highest BCUT2D eigenvalue weighted by atomic mass is 16.5. The normalized spacial score (nSPS) is 12.9. The third kappa shape index (κ3) is 2.09. The van der Waals surface area contributed by atoms with Gasteiger partial charge in [-0.15, -0.1) is 0 Å². The van der Waals surface area contributed by atoms with Crippen molar-refractivity contribution in [2.45, 2.75) is 0 Å². The van der Waals surface area contributed by atoms with Crippen LogP contribution in [-0.2, 0) is 4.79 Å². The molecule has 1 aromatic carbocycles. The van der Waals surface area contributed by atoms with Crippen LogP contribution in [0.1, 0.15) is 5.82 Å². The number of ether oxygens (including phenoxy) is 1. The second kappa shape index (κ2) is 4.38. The Morgan fingerprint density at radius 2 is 2.26 bits per heavy atom. The standard InChI is InChI=1S/C13H8N4O2/c14-6-12-15-4-3-9(16-12)8-1-2-11-10(5-8)17-13(18)7-19-11/h1-5H,7H2,(H,17,18). The van der Waals surface area contributed by atoms with Crippen molar-refractivity contribution >= 4 is 11.6 Å². The first-order valence-corrected chi connectivity index (χ1v) is 5.56. The van der Waals surface area contributed by atoms with E-state index in [2.05, 4.69) is 15.3 Å². The molecule has 2 aromatic rings. The summed E-state index contributed by atoms with van der Waals surface area (Å²) >= 11 is 0. The summed E-state index contributed by atoms with van der Waals surface area (Å²) in [4.78, 5) is 19.2. The molecular formula is C13H8N4O2. The lowest BCUT2D eigenvalue weighted by Crippen LogP contribution is -2.25. The number of nitrogens with one attached hydrogen (secondary N) is 1. The van der Waals surface area contributed by atoms with Gasteiger partial charge < -0.3 is 10.1 Å². The monoisotopic (exact) mass is 252 g/mol. The first-order chi connectivity index (χ1) is 9.26. The van der Waals surface area contributed by atoms with Crippen molar-refractivity contribution in [3.63, 3.8) is 0 Å². The van der Waals surface area contributed by atoms with E-state index in [1.54, 1.807) is 18.2 Å². The van der Waals surface area contributed by atoms with Gasteiger partial charge >= 0.3 is 0 Å². The Bertz CT molecular complexity index is 706. The fraction of sp³-hybridized carbons (Fsp3) is 0.0769. The van der Waals surface area contributed by atoms with Crippen LogP contribution in [0.25, 0.3) is 11.3 Å². The maximum Gasteiger partial charge on any atom is 0.262 e. The van der Waals surface area contributed by atoms with E-state index in [0.29, 0.717) is 17.1 Å². The number of rotatable bonds is 1. The molecule has 3 rings (SSSR count). The minimum atomic E-state index is -0.190. The number of nitriles is 1. The minimum absolute atomic E-state index is 0.0262. The first-order valence-electron chi connectivity index (χ1n) is 5.56. The summed E-state index contributed by atoms with van der Waals surface area (Å²) in [5.74, 6) is 0.540. The number of carbonyl (C=O) groups is 1. The van der Waals surface area contributed by atoms with Gasteiger partial charge in [-0.2, -0.15) is 5.26 Å². The second-order valence-corrected chi connectivity index (χ2v) is 3.93. The van der Waals surface area contributed by atoms with Crippen LogP contribution < -0.4 is 10.1 Å². The zero-order chi connectivity index (χ0) is 13.2. The summed E-state index contributed by atoms with van der Waals surface area (Å²) in [7, 11) is 0. The van der Waals surface area contributed by atoms with Crippen LogP contribution in [0.5, 0.6) is 5.75 Å². The Balaban J connectivity index is 2.04. The van der Waals surface area contributed by atoms with Gasteiger partial charge in [0, 0.05) is 11.8 Å². The average Bonchev–Trinajstić information content (AvgIpc) is 2.46. The summed E-state index contributed by atoms with van der Waals surface area (Å²) in [5.41, 5.74) is 2.00. The Labute approximate surface area is 108 Å². The van der Waals surface area contributed by atoms with E-state index in [1.807, 2.05) is 12.1 Å². The van der Waals surface area contributed by atoms with Crippen molar-refractivity contribution in [1.82, 2.24) is 9.97 Å². The van der Waals surface area contributed by atoms with Gasteiger partial charge in [0.2, 0.25) is 5.82 Å². The molecule has 0 unspecified atom stereocenters. The molecule has 0 saturated carbocycles. The molecule has 0 bridgehead atoms. The number of carbonyl (C=O) groups excluding carboxylic acids is 1. The van der Waals surface area contributed by atoms with Crippen LogP contribution >= 0.6 is 0 Å². The molecule has 19 heavy (non-hydrogen) atoms. The summed E-state index contributed by atoms with van der Waals surface area (Å²) in [6.45, 7) is 0.0262. The van der Waals surface area contributed by atoms with Crippen molar-refractivity contribution in [3.05, 3.63) is 36.3 Å². The van der Waals surface area contributed by atoms with Crippen LogP contribution in [0.15, 0.2) is 30.5 Å². The molecule has 0 aliphatic carbocycles. The average molecular weight is 252 g/mol. The quantitative estimate of drug-likeness (QED) is 0.827. The van der Waals surface area contributed by atoms with Gasteiger partial charge in [0.15, 0.2) is 6.61 Å². The largest absolute Gasteiger partial charge is 0.482 e. The fourth-order valence-electron chi connectivity index (χ4n) is 1.82. The number of benzene rings is 1. The van der Waals surface area contributed by atoms with E-state index in [9.17, 15) is 4.79 Å². The lowest BCUT2D eigenvalue weighted by molar-refractivity contribution is -0.118. The van der Waals surface area contributed by atoms with Gasteiger partial charge in [0.25, 0.3) is 5.91 Å². The van der Waals surface area contributed by atoms with E-state index < -0.39 is 0 Å². The van der Waals surface area contributed by atoms with Crippen LogP contribution in [0.2, 0.25) is 0 Å². The minimum Gasteiger partial charge on any atom is -0.482 e. The molecule has 0 radical (unpaired) electrons. The van der Waals surface area contributed by atoms with Crippen molar-refractivity contribution in [2.24, 2.45) is 0 Å². The summed E-state index contributed by atoms with van der Waals surface area (Å²) in [5, 5.41) is 11.5. The number of fused-ring (bicyclic) bond motifs is 1.